The summed E-state index contributed by atoms with van der Waals surface area (Å²) in [7, 11) is 1.97. The first-order valence-electron chi connectivity index (χ1n) is 5.54. The van der Waals surface area contributed by atoms with Gasteiger partial charge in [-0.05, 0) is 25.1 Å². The average Bonchev–Trinajstić information content (AvgIpc) is 2.84. The molecule has 2 N–H and O–H groups in total. The van der Waals surface area contributed by atoms with Gasteiger partial charge >= 0.3 is 0 Å². The van der Waals surface area contributed by atoms with Gasteiger partial charge in [0.05, 0.1) is 5.69 Å². The third-order valence-corrected chi connectivity index (χ3v) is 3.91. The topological polar surface area (TPSA) is 43.8 Å². The molecule has 2 aromatic heterocycles. The van der Waals surface area contributed by atoms with Gasteiger partial charge in [0, 0.05) is 34.6 Å². The summed E-state index contributed by atoms with van der Waals surface area (Å²) < 4.78 is 15.5. The third-order valence-electron chi connectivity index (χ3n) is 3.23. The van der Waals surface area contributed by atoms with Crippen LogP contribution in [0.3, 0.4) is 0 Å². The number of nitrogens with two attached hydrogens (primary N) is 1. The van der Waals surface area contributed by atoms with Gasteiger partial charge in [-0.1, -0.05) is 0 Å². The van der Waals surface area contributed by atoms with Crippen molar-refractivity contribution < 1.29 is 4.39 Å². The van der Waals surface area contributed by atoms with Gasteiger partial charge in [0.2, 0.25) is 0 Å². The summed E-state index contributed by atoms with van der Waals surface area (Å²) in [6.45, 7) is 2.00. The Hall–Kier alpha value is -1.88. The lowest BCUT2D eigenvalue weighted by atomic mass is 10.1. The Morgan fingerprint density at radius 3 is 2.83 bits per heavy atom. The highest BCUT2D eigenvalue weighted by molar-refractivity contribution is 7.13. The summed E-state index contributed by atoms with van der Waals surface area (Å²) in [5, 5.41) is 3.31. The summed E-state index contributed by atoms with van der Waals surface area (Å²) in [4.78, 5) is 4.30. The van der Waals surface area contributed by atoms with Gasteiger partial charge in [-0.3, -0.25) is 0 Å². The third kappa shape index (κ3) is 1.51. The molecule has 3 rings (SSSR count). The van der Waals surface area contributed by atoms with Crippen LogP contribution in [0.25, 0.3) is 22.2 Å². The number of aryl methyl sites for hydroxylation is 1. The SMILES string of the molecule is Cc1c(-c2csc(N)n2)c2cc(F)ccc2n1C. The van der Waals surface area contributed by atoms with Crippen LogP contribution in [0.4, 0.5) is 9.52 Å². The van der Waals surface area contributed by atoms with Crippen LogP contribution in [-0.2, 0) is 7.05 Å². The van der Waals surface area contributed by atoms with Gasteiger partial charge in [-0.2, -0.15) is 0 Å². The number of rotatable bonds is 1. The Morgan fingerprint density at radius 2 is 2.17 bits per heavy atom. The van der Waals surface area contributed by atoms with Crippen LogP contribution in [0.5, 0.6) is 0 Å². The average molecular weight is 261 g/mol. The monoisotopic (exact) mass is 261 g/mol. The molecule has 3 aromatic rings. The minimum Gasteiger partial charge on any atom is -0.375 e. The molecule has 0 atom stereocenters. The molecule has 0 aliphatic heterocycles. The lowest BCUT2D eigenvalue weighted by Gasteiger charge is -1.98. The molecule has 0 aliphatic carbocycles. The molecule has 0 fully saturated rings. The maximum absolute atomic E-state index is 13.4. The molecule has 0 saturated heterocycles. The molecule has 0 unspecified atom stereocenters. The van der Waals surface area contributed by atoms with E-state index in [0.29, 0.717) is 5.13 Å². The Balaban J connectivity index is 2.40. The molecule has 1 aromatic carbocycles. The molecule has 0 spiro atoms. The van der Waals surface area contributed by atoms with Crippen LogP contribution in [0.2, 0.25) is 0 Å². The molecule has 92 valence electrons. The Kier molecular flexibility index (Phi) is 2.38. The number of benzene rings is 1. The van der Waals surface area contributed by atoms with Crippen molar-refractivity contribution in [1.82, 2.24) is 9.55 Å². The van der Waals surface area contributed by atoms with Gasteiger partial charge in [-0.25, -0.2) is 9.37 Å². The lowest BCUT2D eigenvalue weighted by molar-refractivity contribution is 0.629. The largest absolute Gasteiger partial charge is 0.375 e. The zero-order valence-electron chi connectivity index (χ0n) is 10.1. The number of fused-ring (bicyclic) bond motifs is 1. The van der Waals surface area contributed by atoms with E-state index in [0.717, 1.165) is 27.9 Å². The second-order valence-corrected chi connectivity index (χ2v) is 5.14. The van der Waals surface area contributed by atoms with Crippen LogP contribution < -0.4 is 5.73 Å². The van der Waals surface area contributed by atoms with Crippen molar-refractivity contribution in [2.24, 2.45) is 7.05 Å². The zero-order valence-corrected chi connectivity index (χ0v) is 10.9. The van der Waals surface area contributed by atoms with E-state index in [-0.39, 0.29) is 5.82 Å². The Bertz CT molecular complexity index is 742. The summed E-state index contributed by atoms with van der Waals surface area (Å²) in [6.07, 6.45) is 0. The zero-order chi connectivity index (χ0) is 12.9. The first-order valence-corrected chi connectivity index (χ1v) is 6.42. The first kappa shape index (κ1) is 11.2. The quantitative estimate of drug-likeness (QED) is 0.730. The van der Waals surface area contributed by atoms with Crippen LogP contribution in [0.15, 0.2) is 23.6 Å². The van der Waals surface area contributed by atoms with Crippen molar-refractivity contribution in [1.29, 1.82) is 0 Å². The maximum Gasteiger partial charge on any atom is 0.180 e. The molecule has 0 amide bonds. The molecule has 0 bridgehead atoms. The predicted molar refractivity (Wildman–Crippen MR) is 73.1 cm³/mol. The van der Waals surface area contributed by atoms with Crippen LogP contribution in [0.1, 0.15) is 5.69 Å². The number of hydrogen-bond acceptors (Lipinski definition) is 3. The van der Waals surface area contributed by atoms with E-state index in [1.165, 1.54) is 17.4 Å². The fourth-order valence-electron chi connectivity index (χ4n) is 2.27. The van der Waals surface area contributed by atoms with Crippen LogP contribution in [-0.4, -0.2) is 9.55 Å². The second kappa shape index (κ2) is 3.81. The number of thiazole rings is 1. The van der Waals surface area contributed by atoms with E-state index < -0.39 is 0 Å². The van der Waals surface area contributed by atoms with Crippen molar-refractivity contribution >= 4 is 27.4 Å². The molecule has 5 heteroatoms. The molecule has 18 heavy (non-hydrogen) atoms. The van der Waals surface area contributed by atoms with Crippen molar-refractivity contribution in [3.05, 3.63) is 35.1 Å². The van der Waals surface area contributed by atoms with Gasteiger partial charge in [0.25, 0.3) is 0 Å². The number of aromatic nitrogens is 2. The van der Waals surface area contributed by atoms with Gasteiger partial charge < -0.3 is 10.3 Å². The molecule has 3 nitrogen and oxygen atoms in total. The summed E-state index contributed by atoms with van der Waals surface area (Å²) >= 11 is 1.39. The van der Waals surface area contributed by atoms with Gasteiger partial charge in [-0.15, -0.1) is 11.3 Å². The second-order valence-electron chi connectivity index (χ2n) is 4.25. The van der Waals surface area contributed by atoms with E-state index in [1.54, 1.807) is 12.1 Å². The van der Waals surface area contributed by atoms with Gasteiger partial charge in [0.15, 0.2) is 5.13 Å². The van der Waals surface area contributed by atoms with E-state index in [1.807, 2.05) is 23.9 Å². The number of nitrogens with zero attached hydrogens (tertiary/aromatic N) is 2. The standard InChI is InChI=1S/C13H12FN3S/c1-7-12(10-6-18-13(15)16-10)9-5-8(14)3-4-11(9)17(7)2/h3-6H,1-2H3,(H2,15,16). The molecular formula is C13H12FN3S. The van der Waals surface area contributed by atoms with Crippen LogP contribution in [0, 0.1) is 12.7 Å². The van der Waals surface area contributed by atoms with E-state index in [2.05, 4.69) is 4.98 Å². The fourth-order valence-corrected chi connectivity index (χ4v) is 2.82. The molecule has 0 aliphatic rings. The van der Waals surface area contributed by atoms with Crippen molar-refractivity contribution in [3.63, 3.8) is 0 Å². The molecular weight excluding hydrogens is 249 g/mol. The van der Waals surface area contributed by atoms with Crippen molar-refractivity contribution in [3.8, 4) is 11.3 Å². The highest BCUT2D eigenvalue weighted by Gasteiger charge is 2.16. The highest BCUT2D eigenvalue weighted by atomic mass is 32.1. The summed E-state index contributed by atoms with van der Waals surface area (Å²) in [6, 6.07) is 4.81. The molecule has 0 radical (unpaired) electrons. The predicted octanol–water partition coefficient (Wildman–Crippen LogP) is 3.33. The van der Waals surface area contributed by atoms with E-state index in [4.69, 9.17) is 5.73 Å². The molecule has 0 saturated carbocycles. The van der Waals surface area contributed by atoms with E-state index >= 15 is 0 Å². The van der Waals surface area contributed by atoms with Crippen molar-refractivity contribution in [2.45, 2.75) is 6.92 Å². The fraction of sp³-hybridized carbons (Fsp3) is 0.154. The first-order chi connectivity index (χ1) is 8.58. The number of hydrogen-bond donors (Lipinski definition) is 1. The number of nitrogen functional groups attached to an aromatic ring is 1. The smallest absolute Gasteiger partial charge is 0.180 e. The summed E-state index contributed by atoms with van der Waals surface area (Å²) in [5.74, 6) is -0.238. The van der Waals surface area contributed by atoms with E-state index in [9.17, 15) is 4.39 Å². The minimum atomic E-state index is -0.238. The number of halogens is 1. The van der Waals surface area contributed by atoms with Crippen molar-refractivity contribution in [2.75, 3.05) is 5.73 Å². The number of anilines is 1. The minimum absolute atomic E-state index is 0.238. The normalized spacial score (nSPS) is 11.3. The Labute approximate surface area is 108 Å². The highest BCUT2D eigenvalue weighted by Crippen LogP contribution is 2.35. The maximum atomic E-state index is 13.4. The van der Waals surface area contributed by atoms with Gasteiger partial charge in [0.1, 0.15) is 5.82 Å². The summed E-state index contributed by atoms with van der Waals surface area (Å²) in [5.41, 5.74) is 9.50. The molecule has 2 heterocycles. The van der Waals surface area contributed by atoms with Crippen LogP contribution >= 0.6 is 11.3 Å². The lowest BCUT2D eigenvalue weighted by Crippen LogP contribution is -1.90. The Morgan fingerprint density at radius 1 is 1.39 bits per heavy atom.